The second-order valence-electron chi connectivity index (χ2n) is 7.46. The summed E-state index contributed by atoms with van der Waals surface area (Å²) in [6.45, 7) is 1.72. The van der Waals surface area contributed by atoms with E-state index >= 15 is 0 Å². The van der Waals surface area contributed by atoms with Crippen LogP contribution < -0.4 is 5.32 Å². The predicted octanol–water partition coefficient (Wildman–Crippen LogP) is 3.57. The van der Waals surface area contributed by atoms with Gasteiger partial charge in [-0.15, -0.1) is 11.3 Å². The molecular formula is C20H23ClN2O5S2. The largest absolute Gasteiger partial charge is 0.452 e. The Kier molecular flexibility index (Phi) is 6.86. The molecule has 7 nitrogen and oxygen atoms in total. The number of amides is 1. The molecule has 2 aromatic rings. The molecule has 1 aromatic carbocycles. The number of thiophene rings is 1. The molecule has 0 radical (unpaired) electrons. The van der Waals surface area contributed by atoms with Crippen molar-refractivity contribution in [1.82, 2.24) is 4.31 Å². The molecule has 1 atom stereocenters. The number of sulfonamides is 1. The normalized spacial score (nSPS) is 16.2. The van der Waals surface area contributed by atoms with Gasteiger partial charge < -0.3 is 10.1 Å². The SMILES string of the molecule is CC1CCc2c(C(=O)OCC(=O)Nc3ccc(Cl)c(S(=O)(=O)N(C)C)c3)csc2C1. The van der Waals surface area contributed by atoms with E-state index in [4.69, 9.17) is 16.3 Å². The lowest BCUT2D eigenvalue weighted by molar-refractivity contribution is -0.119. The number of rotatable bonds is 6. The Labute approximate surface area is 185 Å². The monoisotopic (exact) mass is 470 g/mol. The van der Waals surface area contributed by atoms with E-state index in [-0.39, 0.29) is 15.6 Å². The fourth-order valence-corrected chi connectivity index (χ4v) is 5.86. The highest BCUT2D eigenvalue weighted by atomic mass is 35.5. The molecule has 10 heteroatoms. The van der Waals surface area contributed by atoms with Crippen LogP contribution in [0.2, 0.25) is 5.02 Å². The number of benzene rings is 1. The van der Waals surface area contributed by atoms with Crippen LogP contribution in [0.15, 0.2) is 28.5 Å². The first kappa shape index (κ1) is 22.7. The molecule has 1 N–H and O–H groups in total. The van der Waals surface area contributed by atoms with Crippen molar-refractivity contribution >= 4 is 50.5 Å². The van der Waals surface area contributed by atoms with E-state index in [0.29, 0.717) is 11.5 Å². The fraction of sp³-hybridized carbons (Fsp3) is 0.400. The molecule has 0 fully saturated rings. The lowest BCUT2D eigenvalue weighted by atomic mass is 9.88. The summed E-state index contributed by atoms with van der Waals surface area (Å²) in [5.41, 5.74) is 1.79. The summed E-state index contributed by atoms with van der Waals surface area (Å²) in [7, 11) is -0.990. The Balaban J connectivity index is 1.64. The van der Waals surface area contributed by atoms with Crippen molar-refractivity contribution in [2.45, 2.75) is 31.1 Å². The van der Waals surface area contributed by atoms with Crippen LogP contribution in [0.1, 0.15) is 34.1 Å². The second-order valence-corrected chi connectivity index (χ2v) is 10.9. The zero-order chi connectivity index (χ0) is 22.1. The van der Waals surface area contributed by atoms with Gasteiger partial charge in [0.1, 0.15) is 4.90 Å². The molecule has 30 heavy (non-hydrogen) atoms. The number of nitrogens with one attached hydrogen (secondary N) is 1. The van der Waals surface area contributed by atoms with Crippen molar-refractivity contribution in [2.24, 2.45) is 5.92 Å². The fourth-order valence-electron chi connectivity index (χ4n) is 3.23. The Bertz CT molecular complexity index is 1080. The minimum absolute atomic E-state index is 0.0460. The van der Waals surface area contributed by atoms with Crippen LogP contribution in [-0.2, 0) is 32.4 Å². The minimum atomic E-state index is -3.77. The average Bonchev–Trinajstić information content (AvgIpc) is 3.10. The molecule has 0 spiro atoms. The van der Waals surface area contributed by atoms with E-state index < -0.39 is 28.5 Å². The van der Waals surface area contributed by atoms with Gasteiger partial charge in [-0.1, -0.05) is 18.5 Å². The summed E-state index contributed by atoms with van der Waals surface area (Å²) in [4.78, 5) is 25.7. The molecule has 1 amide bonds. The minimum Gasteiger partial charge on any atom is -0.452 e. The number of nitrogens with zero attached hydrogens (tertiary/aromatic N) is 1. The van der Waals surface area contributed by atoms with E-state index in [1.807, 2.05) is 0 Å². The van der Waals surface area contributed by atoms with Gasteiger partial charge in [0.2, 0.25) is 10.0 Å². The molecule has 162 valence electrons. The molecule has 0 saturated heterocycles. The Morgan fingerprint density at radius 3 is 2.77 bits per heavy atom. The number of halogens is 1. The highest BCUT2D eigenvalue weighted by Crippen LogP contribution is 2.33. The van der Waals surface area contributed by atoms with Crippen molar-refractivity contribution in [2.75, 3.05) is 26.0 Å². The maximum atomic E-state index is 12.4. The lowest BCUT2D eigenvalue weighted by Gasteiger charge is -2.18. The van der Waals surface area contributed by atoms with Gasteiger partial charge in [0, 0.05) is 30.0 Å². The smallest absolute Gasteiger partial charge is 0.339 e. The molecule has 1 aliphatic rings. The van der Waals surface area contributed by atoms with Crippen molar-refractivity contribution < 1.29 is 22.7 Å². The topological polar surface area (TPSA) is 92.8 Å². The summed E-state index contributed by atoms with van der Waals surface area (Å²) in [5.74, 6) is -0.493. The number of hydrogen-bond acceptors (Lipinski definition) is 6. The van der Waals surface area contributed by atoms with Crippen LogP contribution in [0.25, 0.3) is 0 Å². The molecule has 0 aliphatic heterocycles. The van der Waals surface area contributed by atoms with Crippen LogP contribution in [0.5, 0.6) is 0 Å². The maximum absolute atomic E-state index is 12.4. The molecule has 0 saturated carbocycles. The first-order chi connectivity index (χ1) is 14.1. The van der Waals surface area contributed by atoms with E-state index in [2.05, 4.69) is 12.2 Å². The predicted molar refractivity (Wildman–Crippen MR) is 117 cm³/mol. The highest BCUT2D eigenvalue weighted by molar-refractivity contribution is 7.89. The zero-order valence-electron chi connectivity index (χ0n) is 16.9. The van der Waals surface area contributed by atoms with Gasteiger partial charge in [0.05, 0.1) is 10.6 Å². The van der Waals surface area contributed by atoms with Gasteiger partial charge in [0.15, 0.2) is 6.61 Å². The number of esters is 1. The van der Waals surface area contributed by atoms with Gasteiger partial charge in [-0.2, -0.15) is 0 Å². The lowest BCUT2D eigenvalue weighted by Crippen LogP contribution is -2.24. The van der Waals surface area contributed by atoms with Gasteiger partial charge >= 0.3 is 5.97 Å². The molecule has 1 aliphatic carbocycles. The Morgan fingerprint density at radius 1 is 1.33 bits per heavy atom. The summed E-state index contributed by atoms with van der Waals surface area (Å²) >= 11 is 7.55. The Morgan fingerprint density at radius 2 is 2.07 bits per heavy atom. The number of carbonyl (C=O) groups is 2. The highest BCUT2D eigenvalue weighted by Gasteiger charge is 2.25. The number of anilines is 1. The van der Waals surface area contributed by atoms with Crippen LogP contribution in [0, 0.1) is 5.92 Å². The number of carbonyl (C=O) groups excluding carboxylic acids is 2. The second kappa shape index (κ2) is 9.05. The summed E-state index contributed by atoms with van der Waals surface area (Å²) in [6, 6.07) is 4.14. The molecule has 1 heterocycles. The van der Waals surface area contributed by atoms with E-state index in [0.717, 1.165) is 29.1 Å². The van der Waals surface area contributed by atoms with Crippen molar-refractivity contribution in [3.05, 3.63) is 44.6 Å². The van der Waals surface area contributed by atoms with Crippen LogP contribution in [0.3, 0.4) is 0 Å². The average molecular weight is 471 g/mol. The van der Waals surface area contributed by atoms with Gasteiger partial charge in [-0.25, -0.2) is 17.5 Å². The molecule has 1 unspecified atom stereocenters. The third-order valence-electron chi connectivity index (χ3n) is 4.93. The summed E-state index contributed by atoms with van der Waals surface area (Å²) < 4.78 is 30.9. The van der Waals surface area contributed by atoms with Gasteiger partial charge in [-0.3, -0.25) is 4.79 Å². The van der Waals surface area contributed by atoms with Crippen molar-refractivity contribution in [3.63, 3.8) is 0 Å². The van der Waals surface area contributed by atoms with Gasteiger partial charge in [0.25, 0.3) is 5.91 Å². The van der Waals surface area contributed by atoms with E-state index in [1.165, 1.54) is 37.2 Å². The molecular weight excluding hydrogens is 448 g/mol. The molecule has 3 rings (SSSR count). The molecule has 0 bridgehead atoms. The maximum Gasteiger partial charge on any atom is 0.339 e. The third kappa shape index (κ3) is 4.85. The third-order valence-corrected chi connectivity index (χ3v) is 8.28. The van der Waals surface area contributed by atoms with Crippen LogP contribution in [0.4, 0.5) is 5.69 Å². The number of hydrogen-bond donors (Lipinski definition) is 1. The van der Waals surface area contributed by atoms with Crippen LogP contribution >= 0.6 is 22.9 Å². The zero-order valence-corrected chi connectivity index (χ0v) is 19.3. The summed E-state index contributed by atoms with van der Waals surface area (Å²) in [5, 5.41) is 4.37. The first-order valence-corrected chi connectivity index (χ1v) is 12.1. The quantitative estimate of drug-likeness (QED) is 0.651. The summed E-state index contributed by atoms with van der Waals surface area (Å²) in [6.07, 6.45) is 2.83. The Hall–Kier alpha value is -1.94. The van der Waals surface area contributed by atoms with Crippen molar-refractivity contribution in [1.29, 1.82) is 0 Å². The number of fused-ring (bicyclic) bond motifs is 1. The first-order valence-electron chi connectivity index (χ1n) is 9.38. The van der Waals surface area contributed by atoms with Crippen LogP contribution in [-0.4, -0.2) is 45.3 Å². The van der Waals surface area contributed by atoms with Gasteiger partial charge in [-0.05, 0) is 48.9 Å². The molecule has 1 aromatic heterocycles. The van der Waals surface area contributed by atoms with E-state index in [1.54, 1.807) is 16.7 Å². The standard InChI is InChI=1S/C20H23ClN2O5S2/c1-12-4-6-14-15(11-29-17(14)8-12)20(25)28-10-19(24)22-13-5-7-16(21)18(9-13)30(26,27)23(2)3/h5,7,9,11-12H,4,6,8,10H2,1-3H3,(H,22,24). The number of ether oxygens (including phenoxy) is 1. The van der Waals surface area contributed by atoms with E-state index in [9.17, 15) is 18.0 Å². The van der Waals surface area contributed by atoms with Crippen molar-refractivity contribution in [3.8, 4) is 0 Å².